The lowest BCUT2D eigenvalue weighted by Gasteiger charge is -2.29. The van der Waals surface area contributed by atoms with Crippen molar-refractivity contribution in [3.8, 4) is 0 Å². The summed E-state index contributed by atoms with van der Waals surface area (Å²) < 4.78 is 5.51. The smallest absolute Gasteiger partial charge is 0.120 e. The average Bonchev–Trinajstić information content (AvgIpc) is 2.21. The monoisotopic (exact) mass is 165 g/mol. The molecule has 0 radical (unpaired) electrons. The lowest BCUT2D eigenvalue weighted by molar-refractivity contribution is 0.108. The number of rotatable bonds is 1. The first-order valence-electron chi connectivity index (χ1n) is 4.66. The average molecular weight is 165 g/mol. The summed E-state index contributed by atoms with van der Waals surface area (Å²) >= 11 is 0. The van der Waals surface area contributed by atoms with E-state index in [1.54, 1.807) is 6.26 Å². The molecule has 2 atom stereocenters. The molecule has 0 spiro atoms. The lowest BCUT2D eigenvalue weighted by Crippen LogP contribution is -2.36. The lowest BCUT2D eigenvalue weighted by atomic mass is 9.93. The zero-order valence-electron chi connectivity index (χ0n) is 7.20. The van der Waals surface area contributed by atoms with Crippen LogP contribution in [0, 0.1) is 5.92 Å². The van der Waals surface area contributed by atoms with E-state index in [9.17, 15) is 0 Å². The Morgan fingerprint density at radius 2 is 2.33 bits per heavy atom. The summed E-state index contributed by atoms with van der Waals surface area (Å²) in [6.07, 6.45) is 10.8. The highest BCUT2D eigenvalue weighted by Crippen LogP contribution is 2.19. The van der Waals surface area contributed by atoms with Crippen LogP contribution in [0.4, 0.5) is 0 Å². The van der Waals surface area contributed by atoms with Gasteiger partial charge in [0.1, 0.15) is 6.10 Å². The largest absolute Gasteiger partial charge is 0.494 e. The topological polar surface area (TPSA) is 21.3 Å². The molecule has 2 unspecified atom stereocenters. The molecule has 2 heteroatoms. The number of piperidine rings is 1. The normalized spacial score (nSPS) is 34.7. The first kappa shape index (κ1) is 7.87. The Hall–Kier alpha value is -0.760. The molecule has 2 rings (SSSR count). The molecule has 0 aromatic heterocycles. The molecule has 1 fully saturated rings. The predicted octanol–water partition coefficient (Wildman–Crippen LogP) is 1.45. The summed E-state index contributed by atoms with van der Waals surface area (Å²) in [6, 6.07) is 0. The summed E-state index contributed by atoms with van der Waals surface area (Å²) in [5.41, 5.74) is 0. The van der Waals surface area contributed by atoms with Gasteiger partial charge in [0.15, 0.2) is 0 Å². The van der Waals surface area contributed by atoms with Crippen molar-refractivity contribution >= 4 is 0 Å². The van der Waals surface area contributed by atoms with Crippen LogP contribution in [0.15, 0.2) is 24.5 Å². The first-order chi connectivity index (χ1) is 5.97. The van der Waals surface area contributed by atoms with Gasteiger partial charge < -0.3 is 10.1 Å². The third kappa shape index (κ3) is 1.69. The Morgan fingerprint density at radius 3 is 3.00 bits per heavy atom. The van der Waals surface area contributed by atoms with Crippen molar-refractivity contribution in [1.29, 1.82) is 0 Å². The van der Waals surface area contributed by atoms with Gasteiger partial charge in [-0.25, -0.2) is 0 Å². The van der Waals surface area contributed by atoms with Crippen LogP contribution in [-0.2, 0) is 4.74 Å². The van der Waals surface area contributed by atoms with Crippen LogP contribution in [-0.4, -0.2) is 19.2 Å². The SMILES string of the molecule is C1=COC(C2CCCNC2)C=C1. The maximum atomic E-state index is 5.51. The molecular formula is C10H15NO. The number of hydrogen-bond acceptors (Lipinski definition) is 2. The third-order valence-electron chi connectivity index (χ3n) is 2.53. The standard InChI is InChI=1S/C10H15NO/c1-2-7-12-10(5-1)9-4-3-6-11-8-9/h1-2,5,7,9-11H,3-4,6,8H2. The van der Waals surface area contributed by atoms with E-state index in [1.165, 1.54) is 19.4 Å². The number of hydrogen-bond donors (Lipinski definition) is 1. The van der Waals surface area contributed by atoms with Crippen LogP contribution in [0.5, 0.6) is 0 Å². The summed E-state index contributed by atoms with van der Waals surface area (Å²) in [5.74, 6) is 0.667. The van der Waals surface area contributed by atoms with Gasteiger partial charge in [-0.1, -0.05) is 6.08 Å². The fourth-order valence-corrected chi connectivity index (χ4v) is 1.83. The predicted molar refractivity (Wildman–Crippen MR) is 48.7 cm³/mol. The third-order valence-corrected chi connectivity index (χ3v) is 2.53. The van der Waals surface area contributed by atoms with Crippen LogP contribution in [0.2, 0.25) is 0 Å². The van der Waals surface area contributed by atoms with Gasteiger partial charge in [0.2, 0.25) is 0 Å². The van der Waals surface area contributed by atoms with E-state index in [0.717, 1.165) is 6.54 Å². The van der Waals surface area contributed by atoms with Crippen molar-refractivity contribution < 1.29 is 4.74 Å². The van der Waals surface area contributed by atoms with Gasteiger partial charge in [-0.15, -0.1) is 0 Å². The molecule has 1 N–H and O–H groups in total. The van der Waals surface area contributed by atoms with E-state index in [1.807, 2.05) is 6.08 Å². The van der Waals surface area contributed by atoms with Crippen molar-refractivity contribution in [1.82, 2.24) is 5.32 Å². The van der Waals surface area contributed by atoms with Crippen molar-refractivity contribution in [2.45, 2.75) is 18.9 Å². The maximum absolute atomic E-state index is 5.51. The fourth-order valence-electron chi connectivity index (χ4n) is 1.83. The minimum absolute atomic E-state index is 0.308. The highest BCUT2D eigenvalue weighted by atomic mass is 16.5. The molecule has 0 bridgehead atoms. The molecule has 0 aromatic rings. The second-order valence-electron chi connectivity index (χ2n) is 3.42. The second-order valence-corrected chi connectivity index (χ2v) is 3.42. The summed E-state index contributed by atoms with van der Waals surface area (Å²) in [5, 5.41) is 3.39. The number of allylic oxidation sites excluding steroid dienone is 2. The molecule has 2 heterocycles. The number of ether oxygens (including phenoxy) is 1. The molecule has 0 saturated carbocycles. The second kappa shape index (κ2) is 3.76. The molecule has 12 heavy (non-hydrogen) atoms. The van der Waals surface area contributed by atoms with Crippen molar-refractivity contribution in [3.05, 3.63) is 24.5 Å². The van der Waals surface area contributed by atoms with E-state index in [2.05, 4.69) is 17.5 Å². The van der Waals surface area contributed by atoms with Gasteiger partial charge in [-0.05, 0) is 31.5 Å². The van der Waals surface area contributed by atoms with Gasteiger partial charge in [-0.3, -0.25) is 0 Å². The molecule has 1 saturated heterocycles. The highest BCUT2D eigenvalue weighted by Gasteiger charge is 2.22. The van der Waals surface area contributed by atoms with E-state index in [4.69, 9.17) is 4.74 Å². The van der Waals surface area contributed by atoms with Crippen LogP contribution < -0.4 is 5.32 Å². The van der Waals surface area contributed by atoms with E-state index < -0.39 is 0 Å². The zero-order valence-corrected chi connectivity index (χ0v) is 7.20. The molecule has 0 aromatic carbocycles. The molecule has 2 aliphatic heterocycles. The molecule has 0 amide bonds. The van der Waals surface area contributed by atoms with E-state index >= 15 is 0 Å². The van der Waals surface area contributed by atoms with Gasteiger partial charge in [0.25, 0.3) is 0 Å². The van der Waals surface area contributed by atoms with Crippen LogP contribution in [0.3, 0.4) is 0 Å². The molecule has 66 valence electrons. The summed E-state index contributed by atoms with van der Waals surface area (Å²) in [6.45, 7) is 2.27. The van der Waals surface area contributed by atoms with Gasteiger partial charge in [0, 0.05) is 12.5 Å². The Kier molecular flexibility index (Phi) is 2.47. The number of nitrogens with one attached hydrogen (secondary N) is 1. The Labute approximate surface area is 73.3 Å². The zero-order chi connectivity index (χ0) is 8.23. The van der Waals surface area contributed by atoms with Crippen LogP contribution >= 0.6 is 0 Å². The fraction of sp³-hybridized carbons (Fsp3) is 0.600. The summed E-state index contributed by atoms with van der Waals surface area (Å²) in [7, 11) is 0. The summed E-state index contributed by atoms with van der Waals surface area (Å²) in [4.78, 5) is 0. The minimum atomic E-state index is 0.308. The molecule has 0 aliphatic carbocycles. The molecule has 2 aliphatic rings. The van der Waals surface area contributed by atoms with Crippen molar-refractivity contribution in [2.24, 2.45) is 5.92 Å². The van der Waals surface area contributed by atoms with Gasteiger partial charge in [0.05, 0.1) is 6.26 Å². The Morgan fingerprint density at radius 1 is 1.33 bits per heavy atom. The van der Waals surface area contributed by atoms with E-state index in [0.29, 0.717) is 12.0 Å². The van der Waals surface area contributed by atoms with Crippen molar-refractivity contribution in [2.75, 3.05) is 13.1 Å². The van der Waals surface area contributed by atoms with Crippen LogP contribution in [0.25, 0.3) is 0 Å². The van der Waals surface area contributed by atoms with Crippen LogP contribution in [0.1, 0.15) is 12.8 Å². The maximum Gasteiger partial charge on any atom is 0.120 e. The van der Waals surface area contributed by atoms with Crippen molar-refractivity contribution in [3.63, 3.8) is 0 Å². The van der Waals surface area contributed by atoms with Gasteiger partial charge in [-0.2, -0.15) is 0 Å². The van der Waals surface area contributed by atoms with E-state index in [-0.39, 0.29) is 0 Å². The highest BCUT2D eigenvalue weighted by molar-refractivity contribution is 5.09. The quantitative estimate of drug-likeness (QED) is 0.635. The minimum Gasteiger partial charge on any atom is -0.494 e. The van der Waals surface area contributed by atoms with Gasteiger partial charge >= 0.3 is 0 Å². The Bertz CT molecular complexity index is 192. The Balaban J connectivity index is 1.90. The molecular weight excluding hydrogens is 150 g/mol. The first-order valence-corrected chi connectivity index (χ1v) is 4.66. The molecule has 2 nitrogen and oxygen atoms in total.